The van der Waals surface area contributed by atoms with Crippen molar-refractivity contribution in [3.63, 3.8) is 0 Å². The van der Waals surface area contributed by atoms with Gasteiger partial charge in [-0.25, -0.2) is 4.98 Å². The van der Waals surface area contributed by atoms with E-state index in [1.807, 2.05) is 6.07 Å². The summed E-state index contributed by atoms with van der Waals surface area (Å²) in [5.41, 5.74) is 1.69. The number of hydrogen-bond donors (Lipinski definition) is 2. The lowest BCUT2D eigenvalue weighted by Gasteiger charge is -2.04. The fourth-order valence-electron chi connectivity index (χ4n) is 2.14. The van der Waals surface area contributed by atoms with Gasteiger partial charge in [0.2, 0.25) is 11.9 Å². The van der Waals surface area contributed by atoms with Crippen LogP contribution < -0.4 is 5.32 Å². The van der Waals surface area contributed by atoms with E-state index in [1.54, 1.807) is 18.3 Å². The van der Waals surface area contributed by atoms with Crippen LogP contribution >= 0.6 is 23.2 Å². The van der Waals surface area contributed by atoms with Crippen LogP contribution in [0.1, 0.15) is 5.56 Å². The lowest BCUT2D eigenvalue weighted by molar-refractivity contribution is -0.115. The van der Waals surface area contributed by atoms with Crippen molar-refractivity contribution in [3.05, 3.63) is 58.1 Å². The number of anilines is 1. The Bertz CT molecular complexity index is 863. The molecule has 2 N–H and O–H groups in total. The lowest BCUT2D eigenvalue weighted by atomic mass is 10.1. The van der Waals surface area contributed by atoms with Gasteiger partial charge in [-0.05, 0) is 35.9 Å². The zero-order valence-corrected chi connectivity index (χ0v) is 12.7. The maximum absolute atomic E-state index is 13.2. The van der Waals surface area contributed by atoms with Gasteiger partial charge < -0.3 is 10.3 Å². The largest absolute Gasteiger partial charge is 0.361 e. The van der Waals surface area contributed by atoms with Crippen molar-refractivity contribution in [1.29, 1.82) is 0 Å². The van der Waals surface area contributed by atoms with Crippen LogP contribution in [0.3, 0.4) is 0 Å². The third kappa shape index (κ3) is 3.05. The van der Waals surface area contributed by atoms with E-state index in [0.717, 1.165) is 16.5 Å². The molecule has 0 bridgehead atoms. The molecule has 0 fully saturated rings. The van der Waals surface area contributed by atoms with Gasteiger partial charge in [0.1, 0.15) is 5.82 Å². The third-order valence-electron chi connectivity index (χ3n) is 3.15. The van der Waals surface area contributed by atoms with Crippen LogP contribution in [0, 0.1) is 5.95 Å². The smallest absolute Gasteiger partial charge is 0.233 e. The number of nitrogens with zero attached hydrogens (tertiary/aromatic N) is 1. The Kier molecular flexibility index (Phi) is 4.00. The van der Waals surface area contributed by atoms with Gasteiger partial charge in [0, 0.05) is 22.1 Å². The topological polar surface area (TPSA) is 57.8 Å². The van der Waals surface area contributed by atoms with Crippen molar-refractivity contribution >= 4 is 45.8 Å². The molecule has 1 amide bonds. The molecule has 3 rings (SSSR count). The highest BCUT2D eigenvalue weighted by molar-refractivity contribution is 6.31. The number of nitrogens with one attached hydrogen (secondary N) is 2. The molecule has 0 unspecified atom stereocenters. The molecule has 0 aliphatic heterocycles. The predicted octanol–water partition coefficient (Wildman–Crippen LogP) is 4.19. The van der Waals surface area contributed by atoms with Crippen LogP contribution in [0.25, 0.3) is 10.9 Å². The van der Waals surface area contributed by atoms with E-state index in [4.69, 9.17) is 23.2 Å². The number of benzene rings is 1. The molecule has 1 aromatic carbocycles. The fraction of sp³-hybridized carbons (Fsp3) is 0.0667. The van der Waals surface area contributed by atoms with Gasteiger partial charge in [-0.15, -0.1) is 0 Å². The van der Waals surface area contributed by atoms with Crippen LogP contribution in [0.2, 0.25) is 10.0 Å². The second-order valence-electron chi connectivity index (χ2n) is 4.70. The van der Waals surface area contributed by atoms with Crippen LogP contribution in [0.5, 0.6) is 0 Å². The van der Waals surface area contributed by atoms with Crippen molar-refractivity contribution in [2.24, 2.45) is 0 Å². The summed E-state index contributed by atoms with van der Waals surface area (Å²) in [6.07, 6.45) is 1.86. The summed E-state index contributed by atoms with van der Waals surface area (Å²) < 4.78 is 13.2. The Morgan fingerprint density at radius 1 is 1.27 bits per heavy atom. The molecule has 0 aliphatic carbocycles. The summed E-state index contributed by atoms with van der Waals surface area (Å²) in [7, 11) is 0. The van der Waals surface area contributed by atoms with Crippen LogP contribution in [-0.2, 0) is 11.2 Å². The van der Waals surface area contributed by atoms with Crippen molar-refractivity contribution in [2.45, 2.75) is 6.42 Å². The summed E-state index contributed by atoms with van der Waals surface area (Å²) >= 11 is 11.5. The molecule has 4 nitrogen and oxygen atoms in total. The van der Waals surface area contributed by atoms with E-state index in [1.165, 1.54) is 12.1 Å². The number of pyridine rings is 1. The number of amides is 1. The number of rotatable bonds is 3. The first kappa shape index (κ1) is 14.8. The predicted molar refractivity (Wildman–Crippen MR) is 84.8 cm³/mol. The number of fused-ring (bicyclic) bond motifs is 1. The highest BCUT2D eigenvalue weighted by Crippen LogP contribution is 2.23. The molecule has 2 heterocycles. The van der Waals surface area contributed by atoms with Crippen molar-refractivity contribution in [3.8, 4) is 0 Å². The van der Waals surface area contributed by atoms with Crippen molar-refractivity contribution in [2.75, 3.05) is 5.32 Å². The van der Waals surface area contributed by atoms with Gasteiger partial charge in [-0.2, -0.15) is 4.39 Å². The maximum atomic E-state index is 13.2. The Labute approximate surface area is 135 Å². The summed E-state index contributed by atoms with van der Waals surface area (Å²) in [6, 6.07) is 8.18. The summed E-state index contributed by atoms with van der Waals surface area (Å²) in [5, 5.41) is 3.90. The van der Waals surface area contributed by atoms with Gasteiger partial charge >= 0.3 is 0 Å². The second kappa shape index (κ2) is 5.94. The number of aromatic nitrogens is 2. The van der Waals surface area contributed by atoms with E-state index in [0.29, 0.717) is 5.02 Å². The third-order valence-corrected chi connectivity index (χ3v) is 3.67. The zero-order valence-electron chi connectivity index (χ0n) is 11.2. The van der Waals surface area contributed by atoms with Gasteiger partial charge in [-0.1, -0.05) is 23.2 Å². The van der Waals surface area contributed by atoms with Gasteiger partial charge in [0.25, 0.3) is 0 Å². The molecular formula is C15H10Cl2FN3O. The second-order valence-corrected chi connectivity index (χ2v) is 5.54. The van der Waals surface area contributed by atoms with Gasteiger partial charge in [-0.3, -0.25) is 4.79 Å². The van der Waals surface area contributed by atoms with E-state index in [9.17, 15) is 9.18 Å². The molecule has 22 heavy (non-hydrogen) atoms. The van der Waals surface area contributed by atoms with Crippen molar-refractivity contribution < 1.29 is 9.18 Å². The summed E-state index contributed by atoms with van der Waals surface area (Å²) in [6.45, 7) is 0. The average Bonchev–Trinajstić information content (AvgIpc) is 2.85. The van der Waals surface area contributed by atoms with E-state index in [2.05, 4.69) is 15.3 Å². The number of halogens is 3. The molecule has 0 atom stereocenters. The lowest BCUT2D eigenvalue weighted by Crippen LogP contribution is -2.15. The molecule has 0 spiro atoms. The SMILES string of the molecule is O=C(Cc1c[nH]c2ccc(Cl)cc12)Nc1ccc(Cl)c(F)n1. The first-order valence-corrected chi connectivity index (χ1v) is 7.16. The fourth-order valence-corrected chi connectivity index (χ4v) is 2.42. The Balaban J connectivity index is 1.78. The molecule has 0 radical (unpaired) electrons. The summed E-state index contributed by atoms with van der Waals surface area (Å²) in [4.78, 5) is 18.7. The molecule has 0 saturated carbocycles. The number of H-pyrrole nitrogens is 1. The molecule has 0 aliphatic rings. The quantitative estimate of drug-likeness (QED) is 0.704. The minimum absolute atomic E-state index is 0.0933. The number of carbonyl (C=O) groups is 1. The highest BCUT2D eigenvalue weighted by atomic mass is 35.5. The van der Waals surface area contributed by atoms with E-state index < -0.39 is 5.95 Å². The summed E-state index contributed by atoms with van der Waals surface area (Å²) in [5.74, 6) is -1.02. The van der Waals surface area contributed by atoms with Crippen molar-refractivity contribution in [1.82, 2.24) is 9.97 Å². The molecule has 7 heteroatoms. The Morgan fingerprint density at radius 2 is 2.09 bits per heavy atom. The van der Waals surface area contributed by atoms with Crippen LogP contribution in [0.4, 0.5) is 10.2 Å². The molecule has 112 valence electrons. The normalized spacial score (nSPS) is 10.9. The minimum atomic E-state index is -0.821. The standard InChI is InChI=1S/C15H10Cl2FN3O/c16-9-1-3-12-10(6-9)8(7-19-12)5-14(22)20-13-4-2-11(17)15(18)21-13/h1-4,6-7,19H,5H2,(H,20,21,22). The monoisotopic (exact) mass is 337 g/mol. The van der Waals surface area contributed by atoms with Crippen LogP contribution in [-0.4, -0.2) is 15.9 Å². The van der Waals surface area contributed by atoms with E-state index >= 15 is 0 Å². The van der Waals surface area contributed by atoms with Crippen LogP contribution in [0.15, 0.2) is 36.5 Å². The molecule has 0 saturated heterocycles. The first-order valence-electron chi connectivity index (χ1n) is 6.40. The average molecular weight is 338 g/mol. The molecular weight excluding hydrogens is 328 g/mol. The van der Waals surface area contributed by atoms with Gasteiger partial charge in [0.05, 0.1) is 11.4 Å². The zero-order chi connectivity index (χ0) is 15.7. The number of aromatic amines is 1. The number of hydrogen-bond acceptors (Lipinski definition) is 2. The minimum Gasteiger partial charge on any atom is -0.361 e. The Hall–Kier alpha value is -2.11. The van der Waals surface area contributed by atoms with Gasteiger partial charge in [0.15, 0.2) is 0 Å². The highest BCUT2D eigenvalue weighted by Gasteiger charge is 2.11. The maximum Gasteiger partial charge on any atom is 0.233 e. The van der Waals surface area contributed by atoms with E-state index in [-0.39, 0.29) is 23.2 Å². The Morgan fingerprint density at radius 3 is 2.86 bits per heavy atom. The first-order chi connectivity index (χ1) is 10.5. The molecule has 3 aromatic rings. The number of carbonyl (C=O) groups excluding carboxylic acids is 1. The molecule has 2 aromatic heterocycles.